The van der Waals surface area contributed by atoms with E-state index in [1.165, 1.54) is 0 Å². The largest absolute Gasteiger partial charge is 0.411 e. The number of hydrogen-bond acceptors (Lipinski definition) is 5. The van der Waals surface area contributed by atoms with Gasteiger partial charge >= 0.3 is 7.94 Å². The molecule has 0 saturated heterocycles. The van der Waals surface area contributed by atoms with Gasteiger partial charge in [-0.25, -0.2) is 0 Å². The minimum Gasteiger partial charge on any atom is -0.291 e. The summed E-state index contributed by atoms with van der Waals surface area (Å²) in [6.07, 6.45) is -0.873. The molecule has 0 bridgehead atoms. The molecule has 10 heavy (non-hydrogen) atoms. The van der Waals surface area contributed by atoms with Crippen molar-refractivity contribution in [3.8, 4) is 0 Å². The maximum Gasteiger partial charge on any atom is 0.411 e. The van der Waals surface area contributed by atoms with Crippen LogP contribution in [0.1, 0.15) is 6.92 Å². The second-order valence-electron chi connectivity index (χ2n) is 1.83. The molecule has 0 saturated carbocycles. The molecule has 0 aliphatic carbocycles. The maximum absolute atomic E-state index is 10.4. The average Bonchev–Trinajstić information content (AvgIpc) is 1.60. The molecule has 0 radical (unpaired) electrons. The highest BCUT2D eigenvalue weighted by atomic mass is 31.2. The van der Waals surface area contributed by atoms with Crippen molar-refractivity contribution in [2.45, 2.75) is 6.92 Å². The molecule has 0 aromatic carbocycles. The van der Waals surface area contributed by atoms with E-state index in [2.05, 4.69) is 0 Å². The molecule has 0 aliphatic rings. The molecular weight excluding hydrogens is 159 g/mol. The summed E-state index contributed by atoms with van der Waals surface area (Å²) in [5.74, 6) is -1.76. The van der Waals surface area contributed by atoms with E-state index in [0.29, 0.717) is 0 Å². The van der Waals surface area contributed by atoms with Crippen molar-refractivity contribution >= 4 is 19.5 Å². The van der Waals surface area contributed by atoms with E-state index in [0.717, 1.165) is 6.92 Å². The van der Waals surface area contributed by atoms with E-state index in [9.17, 15) is 9.59 Å². The Kier molecular flexibility index (Phi) is 3.05. The number of rotatable bonds is 3. The zero-order valence-electron chi connectivity index (χ0n) is 5.31. The lowest BCUT2D eigenvalue weighted by Gasteiger charge is -1.99. The normalized spacial score (nSPS) is 11.2. The summed E-state index contributed by atoms with van der Waals surface area (Å²) >= 11 is 0. The van der Waals surface area contributed by atoms with Gasteiger partial charge in [-0.2, -0.15) is 14.7 Å². The molecule has 0 rings (SSSR count). The lowest BCUT2D eigenvalue weighted by atomic mass is 10.3. The maximum atomic E-state index is 10.4. The average molecular weight is 167 g/mol. The Morgan fingerprint density at radius 2 is 1.70 bits per heavy atom. The van der Waals surface area contributed by atoms with Crippen LogP contribution in [0.3, 0.4) is 0 Å². The summed E-state index contributed by atoms with van der Waals surface area (Å²) in [6.45, 7) is 0.998. The fourth-order valence-electron chi connectivity index (χ4n) is 0.304. The van der Waals surface area contributed by atoms with Crippen molar-refractivity contribution in [3.63, 3.8) is 0 Å². The molecule has 58 valence electrons. The van der Waals surface area contributed by atoms with Gasteiger partial charge in [0.1, 0.15) is 0 Å². The SMILES string of the molecule is CC(=O)C(=O)C[P+](O)(O)O. The monoisotopic (exact) mass is 167 g/mol. The first-order valence-electron chi connectivity index (χ1n) is 2.43. The molecule has 0 amide bonds. The fraction of sp³-hybridized carbons (Fsp3) is 0.500. The number of Topliss-reactive ketones (excluding diaryl/α,β-unsaturated/α-hetero) is 2. The van der Waals surface area contributed by atoms with Crippen LogP contribution in [0, 0.1) is 0 Å². The summed E-state index contributed by atoms with van der Waals surface area (Å²) < 4.78 is 0. The zero-order valence-corrected chi connectivity index (χ0v) is 6.21. The number of hydrogen-bond donors (Lipinski definition) is 3. The summed E-state index contributed by atoms with van der Waals surface area (Å²) in [6, 6.07) is 0. The summed E-state index contributed by atoms with van der Waals surface area (Å²) in [5, 5.41) is 0. The van der Waals surface area contributed by atoms with E-state index in [1.54, 1.807) is 0 Å². The molecule has 0 aromatic rings. The zero-order chi connectivity index (χ0) is 8.36. The Morgan fingerprint density at radius 3 is 1.80 bits per heavy atom. The highest BCUT2D eigenvalue weighted by molar-refractivity contribution is 7.59. The Morgan fingerprint density at radius 1 is 1.30 bits per heavy atom. The lowest BCUT2D eigenvalue weighted by Crippen LogP contribution is -2.16. The van der Waals surface area contributed by atoms with Crippen LogP contribution < -0.4 is 0 Å². The van der Waals surface area contributed by atoms with E-state index in [-0.39, 0.29) is 0 Å². The Hall–Kier alpha value is -0.350. The van der Waals surface area contributed by atoms with Crippen LogP contribution in [0.4, 0.5) is 0 Å². The second-order valence-corrected chi connectivity index (χ2v) is 3.53. The molecule has 0 atom stereocenters. The number of carbonyl (C=O) groups is 2. The molecule has 0 aromatic heterocycles. The first-order valence-corrected chi connectivity index (χ1v) is 4.26. The van der Waals surface area contributed by atoms with Crippen LogP contribution in [0.5, 0.6) is 0 Å². The predicted molar refractivity (Wildman–Crippen MR) is 34.1 cm³/mol. The van der Waals surface area contributed by atoms with Crippen molar-refractivity contribution in [1.82, 2.24) is 0 Å². The molecule has 0 spiro atoms. The molecule has 0 aliphatic heterocycles. The smallest absolute Gasteiger partial charge is 0.291 e. The van der Waals surface area contributed by atoms with Gasteiger partial charge < -0.3 is 0 Å². The van der Waals surface area contributed by atoms with E-state index in [1.807, 2.05) is 0 Å². The number of carbonyl (C=O) groups excluding carboxylic acids is 2. The van der Waals surface area contributed by atoms with Gasteiger partial charge in [-0.1, -0.05) is 0 Å². The van der Waals surface area contributed by atoms with Crippen LogP contribution in [-0.4, -0.2) is 32.4 Å². The van der Waals surface area contributed by atoms with Gasteiger partial charge in [0.15, 0.2) is 5.78 Å². The first-order chi connectivity index (χ1) is 4.33. The summed E-state index contributed by atoms with van der Waals surface area (Å²) in [4.78, 5) is 45.4. The van der Waals surface area contributed by atoms with Gasteiger partial charge in [0.05, 0.1) is 0 Å². The number of ketones is 2. The van der Waals surface area contributed by atoms with E-state index >= 15 is 0 Å². The molecule has 0 unspecified atom stereocenters. The quantitative estimate of drug-likeness (QED) is 0.365. The van der Waals surface area contributed by atoms with Crippen molar-refractivity contribution in [1.29, 1.82) is 0 Å². The van der Waals surface area contributed by atoms with Gasteiger partial charge in [-0.3, -0.25) is 9.59 Å². The summed E-state index contributed by atoms with van der Waals surface area (Å²) in [5.41, 5.74) is 0. The second kappa shape index (κ2) is 3.16. The molecule has 0 fully saturated rings. The minimum absolute atomic E-state index is 0.790. The van der Waals surface area contributed by atoms with Crippen LogP contribution >= 0.6 is 7.94 Å². The third kappa shape index (κ3) is 4.52. The van der Waals surface area contributed by atoms with Crippen molar-refractivity contribution in [3.05, 3.63) is 0 Å². The van der Waals surface area contributed by atoms with E-state index < -0.39 is 25.7 Å². The van der Waals surface area contributed by atoms with Gasteiger partial charge in [0.25, 0.3) is 0 Å². The summed E-state index contributed by atoms with van der Waals surface area (Å²) in [7, 11) is -4.10. The highest BCUT2D eigenvalue weighted by Gasteiger charge is 2.35. The Balaban J connectivity index is 3.93. The molecule has 3 N–H and O–H groups in total. The third-order valence-electron chi connectivity index (χ3n) is 0.748. The van der Waals surface area contributed by atoms with Crippen LogP contribution in [0.25, 0.3) is 0 Å². The standard InChI is InChI=1S/C4H8O5P/c1-3(5)4(6)2-10(7,8)9/h7-9H,2H2,1H3/q+1. The van der Waals surface area contributed by atoms with E-state index in [4.69, 9.17) is 14.7 Å². The highest BCUT2D eigenvalue weighted by Crippen LogP contribution is 2.43. The van der Waals surface area contributed by atoms with Crippen molar-refractivity contribution in [2.75, 3.05) is 6.16 Å². The van der Waals surface area contributed by atoms with Crippen molar-refractivity contribution in [2.24, 2.45) is 0 Å². The van der Waals surface area contributed by atoms with Gasteiger partial charge in [0.2, 0.25) is 11.9 Å². The first kappa shape index (κ1) is 9.65. The lowest BCUT2D eigenvalue weighted by molar-refractivity contribution is -0.134. The Bertz CT molecular complexity index is 158. The minimum atomic E-state index is -4.10. The van der Waals surface area contributed by atoms with Crippen molar-refractivity contribution < 1.29 is 24.3 Å². The molecule has 5 nitrogen and oxygen atoms in total. The van der Waals surface area contributed by atoms with Gasteiger partial charge in [-0.15, -0.1) is 0 Å². The van der Waals surface area contributed by atoms with Gasteiger partial charge in [-0.05, 0) is 0 Å². The molecular formula is C4H8O5P+. The molecule has 0 heterocycles. The fourth-order valence-corrected chi connectivity index (χ4v) is 0.912. The third-order valence-corrected chi connectivity index (χ3v) is 1.46. The predicted octanol–water partition coefficient (Wildman–Crippen LogP) is -1.12. The van der Waals surface area contributed by atoms with Crippen LogP contribution in [0.15, 0.2) is 0 Å². The van der Waals surface area contributed by atoms with Gasteiger partial charge in [0, 0.05) is 6.92 Å². The molecule has 6 heteroatoms. The van der Waals surface area contributed by atoms with Crippen LogP contribution in [0.2, 0.25) is 0 Å². The topological polar surface area (TPSA) is 94.8 Å². The van der Waals surface area contributed by atoms with Crippen LogP contribution in [-0.2, 0) is 9.59 Å². The Labute approximate surface area is 57.9 Å².